The first-order valence-electron chi connectivity index (χ1n) is 10.5. The lowest BCUT2D eigenvalue weighted by molar-refractivity contribution is 0.415. The van der Waals surface area contributed by atoms with Gasteiger partial charge >= 0.3 is 0 Å². The van der Waals surface area contributed by atoms with Crippen molar-refractivity contribution in [2.45, 2.75) is 0 Å². The van der Waals surface area contributed by atoms with Gasteiger partial charge in [-0.15, -0.1) is 0 Å². The fourth-order valence-electron chi connectivity index (χ4n) is 4.06. The third-order valence-corrected chi connectivity index (χ3v) is 5.59. The Balaban J connectivity index is 1.68. The predicted octanol–water partition coefficient (Wildman–Crippen LogP) is 6.33. The van der Waals surface area contributed by atoms with Crippen molar-refractivity contribution in [2.75, 3.05) is 7.11 Å². The molecule has 3 aromatic heterocycles. The molecule has 154 valence electrons. The molecular formula is C27H20N4O. The smallest absolute Gasteiger partial charge is 0.118 e. The van der Waals surface area contributed by atoms with Crippen molar-refractivity contribution in [1.82, 2.24) is 19.9 Å². The van der Waals surface area contributed by atoms with E-state index in [1.165, 1.54) is 0 Å². The monoisotopic (exact) mass is 416 g/mol. The minimum atomic E-state index is 0.818. The molecule has 5 heteroatoms. The first-order valence-corrected chi connectivity index (χ1v) is 10.5. The number of nitrogens with zero attached hydrogens (tertiary/aromatic N) is 2. The number of hydrogen-bond acceptors (Lipinski definition) is 3. The molecule has 6 rings (SSSR count). The molecule has 2 aliphatic heterocycles. The van der Waals surface area contributed by atoms with Crippen LogP contribution in [-0.2, 0) is 0 Å². The standard InChI is InChI=1S/C27H20N4O/c1-32-24-10-2-17(3-11-24)27-25-12-8-22(30-25)15-20-6-4-18(28-20)14-19-5-7-21(29-19)16-23-9-13-26(27)31-23/h2-16,28-29H,1H3. The van der Waals surface area contributed by atoms with Crippen LogP contribution in [0.4, 0.5) is 0 Å². The van der Waals surface area contributed by atoms with Crippen molar-refractivity contribution in [1.29, 1.82) is 0 Å². The number of nitrogens with one attached hydrogen (secondary N) is 2. The molecule has 0 unspecified atom stereocenters. The van der Waals surface area contributed by atoms with E-state index in [-0.39, 0.29) is 0 Å². The van der Waals surface area contributed by atoms with Crippen molar-refractivity contribution in [2.24, 2.45) is 0 Å². The number of fused-ring (bicyclic) bond motifs is 8. The second kappa shape index (κ2) is 7.39. The van der Waals surface area contributed by atoms with Crippen LogP contribution in [0.5, 0.6) is 5.75 Å². The molecular weight excluding hydrogens is 396 g/mol. The van der Waals surface area contributed by atoms with E-state index in [4.69, 9.17) is 14.7 Å². The number of aromatic amines is 2. The fraction of sp³-hybridized carbons (Fsp3) is 0.0370. The number of methoxy groups -OCH3 is 1. The van der Waals surface area contributed by atoms with Crippen LogP contribution in [0.1, 0.15) is 22.8 Å². The van der Waals surface area contributed by atoms with Crippen LogP contribution in [0.25, 0.3) is 57.5 Å². The van der Waals surface area contributed by atoms with E-state index in [0.29, 0.717) is 0 Å². The fourth-order valence-corrected chi connectivity index (χ4v) is 4.06. The minimum Gasteiger partial charge on any atom is -0.497 e. The average Bonchev–Trinajstić information content (AvgIpc) is 3.60. The summed E-state index contributed by atoms with van der Waals surface area (Å²) >= 11 is 0. The zero-order valence-electron chi connectivity index (χ0n) is 17.5. The third kappa shape index (κ3) is 3.40. The lowest BCUT2D eigenvalue weighted by atomic mass is 10.0. The second-order valence-electron chi connectivity index (χ2n) is 7.79. The molecule has 0 spiro atoms. The summed E-state index contributed by atoms with van der Waals surface area (Å²) in [7, 11) is 1.67. The predicted molar refractivity (Wildman–Crippen MR) is 131 cm³/mol. The summed E-state index contributed by atoms with van der Waals surface area (Å²) in [5.41, 5.74) is 9.67. The molecule has 0 radical (unpaired) electrons. The van der Waals surface area contributed by atoms with Gasteiger partial charge in [-0.1, -0.05) is 12.1 Å². The number of hydrogen-bond donors (Lipinski definition) is 2. The van der Waals surface area contributed by atoms with Gasteiger partial charge in [-0.05, 0) is 84.5 Å². The van der Waals surface area contributed by atoms with Crippen molar-refractivity contribution in [3.05, 3.63) is 89.5 Å². The maximum absolute atomic E-state index is 5.34. The lowest BCUT2D eigenvalue weighted by Crippen LogP contribution is -1.89. The number of H-pyrrole nitrogens is 2. The van der Waals surface area contributed by atoms with E-state index < -0.39 is 0 Å². The van der Waals surface area contributed by atoms with Crippen LogP contribution in [0, 0.1) is 0 Å². The maximum Gasteiger partial charge on any atom is 0.118 e. The van der Waals surface area contributed by atoms with Gasteiger partial charge < -0.3 is 14.7 Å². The van der Waals surface area contributed by atoms with E-state index in [2.05, 4.69) is 52.4 Å². The normalized spacial score (nSPS) is 12.3. The summed E-state index contributed by atoms with van der Waals surface area (Å²) in [6, 6.07) is 22.5. The Morgan fingerprint density at radius 1 is 0.594 bits per heavy atom. The van der Waals surface area contributed by atoms with Gasteiger partial charge in [-0.3, -0.25) is 0 Å². The molecule has 0 atom stereocenters. The van der Waals surface area contributed by atoms with E-state index in [1.54, 1.807) is 7.11 Å². The van der Waals surface area contributed by atoms with Gasteiger partial charge in [0.15, 0.2) is 0 Å². The van der Waals surface area contributed by atoms with Gasteiger partial charge in [0.05, 0.1) is 29.9 Å². The summed E-state index contributed by atoms with van der Waals surface area (Å²) < 4.78 is 5.34. The van der Waals surface area contributed by atoms with Crippen LogP contribution in [0.15, 0.2) is 66.7 Å². The van der Waals surface area contributed by atoms with E-state index in [1.807, 2.05) is 48.6 Å². The molecule has 5 heterocycles. The van der Waals surface area contributed by atoms with Crippen LogP contribution in [-0.4, -0.2) is 27.0 Å². The Kier molecular flexibility index (Phi) is 4.25. The molecule has 0 amide bonds. The van der Waals surface area contributed by atoms with Gasteiger partial charge in [-0.25, -0.2) is 9.97 Å². The molecule has 2 N–H and O–H groups in total. The summed E-state index contributed by atoms with van der Waals surface area (Å²) in [6.45, 7) is 0. The zero-order chi connectivity index (χ0) is 21.5. The van der Waals surface area contributed by atoms with Crippen LogP contribution in [0.3, 0.4) is 0 Å². The van der Waals surface area contributed by atoms with Gasteiger partial charge in [0, 0.05) is 27.6 Å². The van der Waals surface area contributed by atoms with Crippen molar-refractivity contribution in [3.63, 3.8) is 0 Å². The maximum atomic E-state index is 5.34. The van der Waals surface area contributed by atoms with Crippen molar-refractivity contribution < 1.29 is 4.74 Å². The average molecular weight is 416 g/mol. The molecule has 0 saturated heterocycles. The van der Waals surface area contributed by atoms with Gasteiger partial charge in [0.2, 0.25) is 0 Å². The lowest BCUT2D eigenvalue weighted by Gasteiger charge is -2.06. The highest BCUT2D eigenvalue weighted by atomic mass is 16.5. The van der Waals surface area contributed by atoms with Crippen molar-refractivity contribution in [3.8, 4) is 16.9 Å². The summed E-state index contributed by atoms with van der Waals surface area (Å²) in [4.78, 5) is 16.7. The minimum absolute atomic E-state index is 0.818. The Morgan fingerprint density at radius 2 is 1.09 bits per heavy atom. The Labute approximate surface area is 184 Å². The topological polar surface area (TPSA) is 66.6 Å². The molecule has 1 aromatic carbocycles. The number of benzene rings is 1. The molecule has 2 aliphatic rings. The summed E-state index contributed by atoms with van der Waals surface area (Å²) in [5.74, 6) is 0.818. The SMILES string of the molecule is COc1ccc(-c2c3nc(cc4ccc(cc5ccc(cc6nc2C=C6)[nH]5)[nH]4)C=C3)cc1. The summed E-state index contributed by atoms with van der Waals surface area (Å²) in [6.07, 6.45) is 8.17. The molecule has 0 saturated carbocycles. The molecule has 5 nitrogen and oxygen atoms in total. The van der Waals surface area contributed by atoms with E-state index >= 15 is 0 Å². The quantitative estimate of drug-likeness (QED) is 0.346. The molecule has 0 fully saturated rings. The Morgan fingerprint density at radius 3 is 1.59 bits per heavy atom. The molecule has 32 heavy (non-hydrogen) atoms. The molecule has 0 aliphatic carbocycles. The first-order chi connectivity index (χ1) is 15.7. The highest BCUT2D eigenvalue weighted by molar-refractivity contribution is 5.89. The third-order valence-electron chi connectivity index (χ3n) is 5.59. The largest absolute Gasteiger partial charge is 0.497 e. The van der Waals surface area contributed by atoms with Gasteiger partial charge in [0.1, 0.15) is 5.75 Å². The van der Waals surface area contributed by atoms with E-state index in [0.717, 1.165) is 61.7 Å². The van der Waals surface area contributed by atoms with Crippen LogP contribution >= 0.6 is 0 Å². The number of ether oxygens (including phenoxy) is 1. The first kappa shape index (κ1) is 18.4. The van der Waals surface area contributed by atoms with E-state index in [9.17, 15) is 0 Å². The molecule has 8 bridgehead atoms. The highest BCUT2D eigenvalue weighted by Gasteiger charge is 2.14. The second-order valence-corrected chi connectivity index (χ2v) is 7.79. The molecule has 4 aromatic rings. The zero-order valence-corrected chi connectivity index (χ0v) is 17.5. The van der Waals surface area contributed by atoms with Crippen LogP contribution < -0.4 is 4.74 Å². The summed E-state index contributed by atoms with van der Waals surface area (Å²) in [5, 5.41) is 0. The van der Waals surface area contributed by atoms with Gasteiger partial charge in [0.25, 0.3) is 0 Å². The van der Waals surface area contributed by atoms with Gasteiger partial charge in [-0.2, -0.15) is 0 Å². The highest BCUT2D eigenvalue weighted by Crippen LogP contribution is 2.32. The Hall–Kier alpha value is -4.38. The van der Waals surface area contributed by atoms with Crippen LogP contribution in [0.2, 0.25) is 0 Å². The Bertz CT molecular complexity index is 1460. The number of aromatic nitrogens is 4. The van der Waals surface area contributed by atoms with Crippen molar-refractivity contribution >= 4 is 46.4 Å². The number of rotatable bonds is 2.